The smallest absolute Gasteiger partial charge is 0.305 e. The molecule has 0 atom stereocenters. The van der Waals surface area contributed by atoms with E-state index in [2.05, 4.69) is 25.9 Å². The van der Waals surface area contributed by atoms with Crippen LogP contribution in [0.2, 0.25) is 0 Å². The molecule has 5 nitrogen and oxygen atoms in total. The maximum absolute atomic E-state index is 10.5. The van der Waals surface area contributed by atoms with Gasteiger partial charge in [-0.3, -0.25) is 4.79 Å². The zero-order valence-electron chi connectivity index (χ0n) is 11.0. The molecule has 20 heavy (non-hydrogen) atoms. The van der Waals surface area contributed by atoms with Gasteiger partial charge in [0.1, 0.15) is 0 Å². The predicted octanol–water partition coefficient (Wildman–Crippen LogP) is 2.82. The van der Waals surface area contributed by atoms with Crippen LogP contribution >= 0.6 is 15.9 Å². The molecule has 0 spiro atoms. The first kappa shape index (κ1) is 14.5. The molecular weight excluding hydrogens is 322 g/mol. The molecular formula is C14H14BrN3O2. The van der Waals surface area contributed by atoms with E-state index in [0.29, 0.717) is 12.5 Å². The summed E-state index contributed by atoms with van der Waals surface area (Å²) < 4.78 is 1.02. The normalized spacial score (nSPS) is 10.3. The van der Waals surface area contributed by atoms with E-state index in [-0.39, 0.29) is 6.42 Å². The molecule has 0 saturated carbocycles. The molecule has 1 aromatic heterocycles. The number of carbonyl (C=O) groups is 1. The molecule has 0 unspecified atom stereocenters. The minimum absolute atomic E-state index is 0.0638. The number of aliphatic carboxylic acids is 1. The van der Waals surface area contributed by atoms with Crippen LogP contribution in [-0.2, 0) is 4.79 Å². The van der Waals surface area contributed by atoms with Crippen molar-refractivity contribution < 1.29 is 9.90 Å². The topological polar surface area (TPSA) is 66.3 Å². The van der Waals surface area contributed by atoms with Crippen LogP contribution in [0, 0.1) is 0 Å². The highest BCUT2D eigenvalue weighted by Gasteiger charge is 2.07. The van der Waals surface area contributed by atoms with Gasteiger partial charge in [-0.2, -0.15) is 0 Å². The highest BCUT2D eigenvalue weighted by atomic mass is 79.9. The number of nitrogens with zero attached hydrogens (tertiary/aromatic N) is 3. The number of halogens is 1. The summed E-state index contributed by atoms with van der Waals surface area (Å²) in [4.78, 5) is 20.8. The van der Waals surface area contributed by atoms with Crippen LogP contribution in [0.1, 0.15) is 6.42 Å². The monoisotopic (exact) mass is 335 g/mol. The van der Waals surface area contributed by atoms with Gasteiger partial charge in [-0.15, -0.1) is 0 Å². The Balaban J connectivity index is 2.09. The molecule has 0 fully saturated rings. The second-order valence-electron chi connectivity index (χ2n) is 4.34. The summed E-state index contributed by atoms with van der Waals surface area (Å²) in [5.74, 6) is -0.310. The van der Waals surface area contributed by atoms with E-state index in [9.17, 15) is 4.79 Å². The van der Waals surface area contributed by atoms with Crippen LogP contribution in [-0.4, -0.2) is 34.6 Å². The first-order chi connectivity index (χ1) is 9.56. The van der Waals surface area contributed by atoms with Crippen molar-refractivity contribution in [3.8, 4) is 11.1 Å². The van der Waals surface area contributed by atoms with Crippen LogP contribution < -0.4 is 4.90 Å². The van der Waals surface area contributed by atoms with Gasteiger partial charge >= 0.3 is 5.97 Å². The first-order valence-corrected chi connectivity index (χ1v) is 6.86. The van der Waals surface area contributed by atoms with E-state index in [4.69, 9.17) is 5.11 Å². The van der Waals surface area contributed by atoms with Gasteiger partial charge in [0.15, 0.2) is 0 Å². The molecule has 6 heteroatoms. The van der Waals surface area contributed by atoms with Crippen molar-refractivity contribution in [3.05, 3.63) is 41.1 Å². The second-order valence-corrected chi connectivity index (χ2v) is 5.26. The molecule has 0 radical (unpaired) electrons. The van der Waals surface area contributed by atoms with Crippen molar-refractivity contribution in [2.75, 3.05) is 18.5 Å². The number of carboxylic acid groups (broad SMARTS) is 1. The van der Waals surface area contributed by atoms with Crippen molar-refractivity contribution in [2.45, 2.75) is 6.42 Å². The highest BCUT2D eigenvalue weighted by Crippen LogP contribution is 2.21. The Morgan fingerprint density at radius 2 is 1.80 bits per heavy atom. The number of carboxylic acids is 1. The lowest BCUT2D eigenvalue weighted by Gasteiger charge is -2.15. The molecule has 0 aliphatic heterocycles. The van der Waals surface area contributed by atoms with Crippen molar-refractivity contribution in [2.24, 2.45) is 0 Å². The first-order valence-electron chi connectivity index (χ1n) is 6.07. The average molecular weight is 336 g/mol. The Bertz CT molecular complexity index is 584. The minimum atomic E-state index is -0.830. The Morgan fingerprint density at radius 3 is 2.35 bits per heavy atom. The summed E-state index contributed by atoms with van der Waals surface area (Å²) in [5.41, 5.74) is 1.96. The standard InChI is InChI=1S/C14H14BrN3O2/c1-18(7-6-13(19)20)14-16-8-11(9-17-14)10-2-4-12(15)5-3-10/h2-5,8-9H,6-7H2,1H3,(H,19,20). The van der Waals surface area contributed by atoms with Crippen LogP contribution in [0.15, 0.2) is 41.1 Å². The van der Waals surface area contributed by atoms with Gasteiger partial charge in [-0.05, 0) is 17.7 Å². The van der Waals surface area contributed by atoms with E-state index in [1.807, 2.05) is 24.3 Å². The van der Waals surface area contributed by atoms with Gasteiger partial charge in [0, 0.05) is 36.0 Å². The third-order valence-electron chi connectivity index (χ3n) is 2.82. The number of hydrogen-bond donors (Lipinski definition) is 1. The van der Waals surface area contributed by atoms with Gasteiger partial charge in [-0.1, -0.05) is 28.1 Å². The molecule has 1 aromatic carbocycles. The molecule has 0 aliphatic carbocycles. The number of aromatic nitrogens is 2. The van der Waals surface area contributed by atoms with E-state index in [1.165, 1.54) is 0 Å². The van der Waals surface area contributed by atoms with E-state index >= 15 is 0 Å². The number of hydrogen-bond acceptors (Lipinski definition) is 4. The fourth-order valence-corrected chi connectivity index (χ4v) is 1.94. The Kier molecular flexibility index (Phi) is 4.68. The quantitative estimate of drug-likeness (QED) is 0.909. The lowest BCUT2D eigenvalue weighted by atomic mass is 10.1. The van der Waals surface area contributed by atoms with Gasteiger partial charge in [-0.25, -0.2) is 9.97 Å². The average Bonchev–Trinajstić information content (AvgIpc) is 2.46. The third kappa shape index (κ3) is 3.77. The summed E-state index contributed by atoms with van der Waals surface area (Å²) >= 11 is 3.39. The maximum Gasteiger partial charge on any atom is 0.305 e. The van der Waals surface area contributed by atoms with Crippen LogP contribution in [0.3, 0.4) is 0 Å². The zero-order chi connectivity index (χ0) is 14.5. The summed E-state index contributed by atoms with van der Waals surface area (Å²) in [6.07, 6.45) is 3.54. The van der Waals surface area contributed by atoms with Gasteiger partial charge in [0.25, 0.3) is 0 Å². The summed E-state index contributed by atoms with van der Waals surface area (Å²) in [6, 6.07) is 7.89. The lowest BCUT2D eigenvalue weighted by molar-refractivity contribution is -0.136. The van der Waals surface area contributed by atoms with Crippen molar-refractivity contribution in [3.63, 3.8) is 0 Å². The molecule has 0 amide bonds. The van der Waals surface area contributed by atoms with E-state index < -0.39 is 5.97 Å². The lowest BCUT2D eigenvalue weighted by Crippen LogP contribution is -2.22. The van der Waals surface area contributed by atoms with Gasteiger partial charge in [0.2, 0.25) is 5.95 Å². The van der Waals surface area contributed by atoms with Crippen LogP contribution in [0.5, 0.6) is 0 Å². The predicted molar refractivity (Wildman–Crippen MR) is 80.7 cm³/mol. The second kappa shape index (κ2) is 6.47. The Hall–Kier alpha value is -1.95. The van der Waals surface area contributed by atoms with Gasteiger partial charge < -0.3 is 10.0 Å². The molecule has 0 saturated heterocycles. The number of benzene rings is 1. The molecule has 2 rings (SSSR count). The molecule has 0 aliphatic rings. The summed E-state index contributed by atoms with van der Waals surface area (Å²) in [6.45, 7) is 0.382. The van der Waals surface area contributed by atoms with E-state index in [1.54, 1.807) is 24.3 Å². The molecule has 104 valence electrons. The molecule has 1 N–H and O–H groups in total. The van der Waals surface area contributed by atoms with Crippen LogP contribution in [0.4, 0.5) is 5.95 Å². The summed E-state index contributed by atoms with van der Waals surface area (Å²) in [5, 5.41) is 8.65. The minimum Gasteiger partial charge on any atom is -0.481 e. The number of anilines is 1. The number of rotatable bonds is 5. The maximum atomic E-state index is 10.5. The fraction of sp³-hybridized carbons (Fsp3) is 0.214. The van der Waals surface area contributed by atoms with Crippen molar-refractivity contribution in [1.82, 2.24) is 9.97 Å². The Labute approximate surface area is 125 Å². The zero-order valence-corrected chi connectivity index (χ0v) is 12.5. The summed E-state index contributed by atoms with van der Waals surface area (Å²) in [7, 11) is 1.78. The molecule has 0 bridgehead atoms. The van der Waals surface area contributed by atoms with Crippen LogP contribution in [0.25, 0.3) is 11.1 Å². The largest absolute Gasteiger partial charge is 0.481 e. The van der Waals surface area contributed by atoms with E-state index in [0.717, 1.165) is 15.6 Å². The Morgan fingerprint density at radius 1 is 1.20 bits per heavy atom. The SMILES string of the molecule is CN(CCC(=O)O)c1ncc(-c2ccc(Br)cc2)cn1. The molecule has 1 heterocycles. The van der Waals surface area contributed by atoms with Crippen molar-refractivity contribution >= 4 is 27.8 Å². The van der Waals surface area contributed by atoms with Gasteiger partial charge in [0.05, 0.1) is 6.42 Å². The van der Waals surface area contributed by atoms with Crippen molar-refractivity contribution in [1.29, 1.82) is 0 Å². The highest BCUT2D eigenvalue weighted by molar-refractivity contribution is 9.10. The molecule has 2 aromatic rings. The fourth-order valence-electron chi connectivity index (χ4n) is 1.67. The third-order valence-corrected chi connectivity index (χ3v) is 3.35.